The van der Waals surface area contributed by atoms with Gasteiger partial charge in [-0.25, -0.2) is 8.42 Å². The normalized spacial score (nSPS) is 11.3. The number of nitrogens with one attached hydrogen (secondary N) is 1. The number of unbranched alkanes of at least 4 members (excludes halogenated alkanes) is 2. The highest BCUT2D eigenvalue weighted by molar-refractivity contribution is 7.92. The minimum absolute atomic E-state index is 0.0725. The van der Waals surface area contributed by atoms with Crippen LogP contribution < -0.4 is 9.62 Å². The molecule has 1 aromatic rings. The standard InChI is InChI=1S/C16H24Cl2N2O3S/c1-3-4-5-10-19-16(21)7-6-11-20(24(2,22)23)15-12-13(17)8-9-14(15)18/h8-9,12H,3-7,10-11H2,1-2H3,(H,19,21). The molecule has 1 rings (SSSR count). The van der Waals surface area contributed by atoms with Gasteiger partial charge in [0.1, 0.15) is 0 Å². The Morgan fingerprint density at radius 1 is 1.21 bits per heavy atom. The Labute approximate surface area is 154 Å². The van der Waals surface area contributed by atoms with Crippen molar-refractivity contribution in [3.63, 3.8) is 0 Å². The van der Waals surface area contributed by atoms with E-state index in [-0.39, 0.29) is 18.9 Å². The van der Waals surface area contributed by atoms with Crippen LogP contribution >= 0.6 is 23.2 Å². The van der Waals surface area contributed by atoms with Gasteiger partial charge in [-0.05, 0) is 31.0 Å². The molecule has 0 heterocycles. The maximum atomic E-state index is 12.0. The number of hydrogen-bond acceptors (Lipinski definition) is 3. The first-order valence-electron chi connectivity index (χ1n) is 7.95. The maximum Gasteiger partial charge on any atom is 0.232 e. The highest BCUT2D eigenvalue weighted by atomic mass is 35.5. The van der Waals surface area contributed by atoms with Gasteiger partial charge in [-0.2, -0.15) is 0 Å². The molecular weight excluding hydrogens is 371 g/mol. The first-order chi connectivity index (χ1) is 11.3. The number of halogens is 2. The molecule has 1 amide bonds. The summed E-state index contributed by atoms with van der Waals surface area (Å²) in [6, 6.07) is 4.66. The quantitative estimate of drug-likeness (QED) is 0.612. The summed E-state index contributed by atoms with van der Waals surface area (Å²) in [4.78, 5) is 11.8. The molecule has 0 saturated carbocycles. The minimum atomic E-state index is -3.52. The fourth-order valence-corrected chi connectivity index (χ4v) is 3.62. The number of carbonyl (C=O) groups is 1. The number of sulfonamides is 1. The van der Waals surface area contributed by atoms with E-state index in [0.29, 0.717) is 28.7 Å². The summed E-state index contributed by atoms with van der Waals surface area (Å²) in [6.07, 6.45) is 4.89. The van der Waals surface area contributed by atoms with Gasteiger partial charge in [-0.3, -0.25) is 9.10 Å². The number of rotatable bonds is 10. The van der Waals surface area contributed by atoms with Gasteiger partial charge in [0.25, 0.3) is 0 Å². The molecule has 8 heteroatoms. The van der Waals surface area contributed by atoms with Gasteiger partial charge in [0.05, 0.1) is 17.0 Å². The van der Waals surface area contributed by atoms with Crippen LogP contribution in [0.2, 0.25) is 10.0 Å². The van der Waals surface area contributed by atoms with E-state index in [2.05, 4.69) is 12.2 Å². The molecule has 136 valence electrons. The van der Waals surface area contributed by atoms with E-state index in [1.54, 1.807) is 12.1 Å². The number of carbonyl (C=O) groups excluding carboxylic acids is 1. The lowest BCUT2D eigenvalue weighted by atomic mass is 10.2. The topological polar surface area (TPSA) is 66.5 Å². The van der Waals surface area contributed by atoms with E-state index in [1.165, 1.54) is 10.4 Å². The van der Waals surface area contributed by atoms with Crippen molar-refractivity contribution in [3.8, 4) is 0 Å². The Bertz CT molecular complexity index is 651. The highest BCUT2D eigenvalue weighted by Crippen LogP contribution is 2.30. The van der Waals surface area contributed by atoms with Gasteiger partial charge in [0.15, 0.2) is 0 Å². The van der Waals surface area contributed by atoms with Crippen molar-refractivity contribution in [2.24, 2.45) is 0 Å². The number of nitrogens with zero attached hydrogens (tertiary/aromatic N) is 1. The molecule has 0 spiro atoms. The molecule has 0 aliphatic heterocycles. The van der Waals surface area contributed by atoms with Crippen molar-refractivity contribution in [1.29, 1.82) is 0 Å². The average Bonchev–Trinajstić information content (AvgIpc) is 2.50. The van der Waals surface area contributed by atoms with Crippen LogP contribution in [0.1, 0.15) is 39.0 Å². The summed E-state index contributed by atoms with van der Waals surface area (Å²) in [5.74, 6) is -0.0725. The van der Waals surface area contributed by atoms with E-state index >= 15 is 0 Å². The lowest BCUT2D eigenvalue weighted by molar-refractivity contribution is -0.121. The molecule has 1 aromatic carbocycles. The second-order valence-electron chi connectivity index (χ2n) is 5.59. The zero-order valence-electron chi connectivity index (χ0n) is 14.0. The summed E-state index contributed by atoms with van der Waals surface area (Å²) >= 11 is 12.0. The first kappa shape index (κ1) is 21.1. The smallest absolute Gasteiger partial charge is 0.232 e. The van der Waals surface area contributed by atoms with Crippen LogP contribution in [0.4, 0.5) is 5.69 Å². The molecule has 5 nitrogen and oxygen atoms in total. The molecular formula is C16H24Cl2N2O3S. The van der Waals surface area contributed by atoms with Crippen LogP contribution in [0, 0.1) is 0 Å². The Kier molecular flexibility index (Phi) is 8.87. The molecule has 0 saturated heterocycles. The van der Waals surface area contributed by atoms with Crippen molar-refractivity contribution in [2.75, 3.05) is 23.7 Å². The minimum Gasteiger partial charge on any atom is -0.356 e. The fourth-order valence-electron chi connectivity index (χ4n) is 2.22. The van der Waals surface area contributed by atoms with Crippen LogP contribution in [0.5, 0.6) is 0 Å². The Balaban J connectivity index is 2.63. The summed E-state index contributed by atoms with van der Waals surface area (Å²) in [5.41, 5.74) is 0.329. The third-order valence-corrected chi connectivity index (χ3v) is 5.18. The Hall–Kier alpha value is -0.980. The number of hydrogen-bond donors (Lipinski definition) is 1. The van der Waals surface area contributed by atoms with Crippen molar-refractivity contribution < 1.29 is 13.2 Å². The summed E-state index contributed by atoms with van der Waals surface area (Å²) < 4.78 is 25.3. The number of benzene rings is 1. The lowest BCUT2D eigenvalue weighted by Crippen LogP contribution is -2.32. The van der Waals surface area contributed by atoms with E-state index in [9.17, 15) is 13.2 Å². The zero-order valence-corrected chi connectivity index (χ0v) is 16.3. The fraction of sp³-hybridized carbons (Fsp3) is 0.562. The molecule has 0 aromatic heterocycles. The van der Waals surface area contributed by atoms with E-state index in [1.807, 2.05) is 0 Å². The zero-order chi connectivity index (χ0) is 18.2. The van der Waals surface area contributed by atoms with Crippen LogP contribution in [0.3, 0.4) is 0 Å². The maximum absolute atomic E-state index is 12.0. The van der Waals surface area contributed by atoms with Crippen molar-refractivity contribution >= 4 is 44.8 Å². The van der Waals surface area contributed by atoms with E-state index < -0.39 is 10.0 Å². The van der Waals surface area contributed by atoms with Gasteiger partial charge in [0, 0.05) is 24.5 Å². The predicted octanol–water partition coefficient (Wildman–Crippen LogP) is 3.85. The van der Waals surface area contributed by atoms with Crippen LogP contribution in [0.25, 0.3) is 0 Å². The second-order valence-corrected chi connectivity index (χ2v) is 8.34. The average molecular weight is 395 g/mol. The third kappa shape index (κ3) is 7.28. The summed E-state index contributed by atoms with van der Waals surface area (Å²) in [6.45, 7) is 2.92. The van der Waals surface area contributed by atoms with Crippen molar-refractivity contribution in [2.45, 2.75) is 39.0 Å². The Morgan fingerprint density at radius 2 is 1.92 bits per heavy atom. The van der Waals surface area contributed by atoms with E-state index in [4.69, 9.17) is 23.2 Å². The molecule has 0 fully saturated rings. The molecule has 0 radical (unpaired) electrons. The largest absolute Gasteiger partial charge is 0.356 e. The van der Waals surface area contributed by atoms with Crippen molar-refractivity contribution in [1.82, 2.24) is 5.32 Å². The number of amides is 1. The van der Waals surface area contributed by atoms with Gasteiger partial charge < -0.3 is 5.32 Å². The monoisotopic (exact) mass is 394 g/mol. The van der Waals surface area contributed by atoms with Gasteiger partial charge in [-0.15, -0.1) is 0 Å². The Morgan fingerprint density at radius 3 is 2.54 bits per heavy atom. The number of anilines is 1. The molecule has 0 aliphatic carbocycles. The van der Waals surface area contributed by atoms with Crippen LogP contribution in [-0.2, 0) is 14.8 Å². The molecule has 1 N–H and O–H groups in total. The molecule has 24 heavy (non-hydrogen) atoms. The van der Waals surface area contributed by atoms with Gasteiger partial charge >= 0.3 is 0 Å². The highest BCUT2D eigenvalue weighted by Gasteiger charge is 2.20. The van der Waals surface area contributed by atoms with E-state index in [0.717, 1.165) is 25.5 Å². The summed E-state index contributed by atoms with van der Waals surface area (Å²) in [7, 11) is -3.52. The predicted molar refractivity (Wildman–Crippen MR) is 100 cm³/mol. The molecule has 0 atom stereocenters. The van der Waals surface area contributed by atoms with Crippen molar-refractivity contribution in [3.05, 3.63) is 28.2 Å². The van der Waals surface area contributed by atoms with Gasteiger partial charge in [-0.1, -0.05) is 43.0 Å². The third-order valence-electron chi connectivity index (χ3n) is 3.44. The first-order valence-corrected chi connectivity index (χ1v) is 10.6. The molecule has 0 aliphatic rings. The van der Waals surface area contributed by atoms with Crippen LogP contribution in [0.15, 0.2) is 18.2 Å². The summed E-state index contributed by atoms with van der Waals surface area (Å²) in [5, 5.41) is 3.54. The van der Waals surface area contributed by atoms with Gasteiger partial charge in [0.2, 0.25) is 15.9 Å². The molecule has 0 unspecified atom stereocenters. The SMILES string of the molecule is CCCCCNC(=O)CCCN(c1cc(Cl)ccc1Cl)S(C)(=O)=O. The molecule has 0 bridgehead atoms. The van der Waals surface area contributed by atoms with Crippen LogP contribution in [-0.4, -0.2) is 33.7 Å². The second kappa shape index (κ2) is 10.1. The lowest BCUT2D eigenvalue weighted by Gasteiger charge is -2.23.